The summed E-state index contributed by atoms with van der Waals surface area (Å²) in [6.07, 6.45) is 1.75. The van der Waals surface area contributed by atoms with E-state index in [1.165, 1.54) is 0 Å². The first-order chi connectivity index (χ1) is 8.76. The minimum absolute atomic E-state index is 0.692. The van der Waals surface area contributed by atoms with Crippen LogP contribution in [0.1, 0.15) is 5.56 Å². The van der Waals surface area contributed by atoms with Crippen molar-refractivity contribution in [1.29, 1.82) is 0 Å². The maximum absolute atomic E-state index is 6.07. The van der Waals surface area contributed by atoms with E-state index >= 15 is 0 Å². The van der Waals surface area contributed by atoms with Crippen LogP contribution in [0.2, 0.25) is 5.02 Å². The van der Waals surface area contributed by atoms with Crippen LogP contribution in [0.25, 0.3) is 11.3 Å². The molecule has 0 fully saturated rings. The minimum atomic E-state index is 0.692. The highest BCUT2D eigenvalue weighted by Crippen LogP contribution is 2.31. The summed E-state index contributed by atoms with van der Waals surface area (Å²) in [5.41, 5.74) is 2.95. The molecule has 3 nitrogen and oxygen atoms in total. The van der Waals surface area contributed by atoms with E-state index in [1.807, 2.05) is 37.4 Å². The molecule has 1 aromatic heterocycles. The van der Waals surface area contributed by atoms with Gasteiger partial charge in [0.1, 0.15) is 11.4 Å². The first-order valence-corrected chi connectivity index (χ1v) is 6.06. The van der Waals surface area contributed by atoms with Gasteiger partial charge in [0.25, 0.3) is 0 Å². The van der Waals surface area contributed by atoms with E-state index < -0.39 is 0 Å². The van der Waals surface area contributed by atoms with Crippen LogP contribution in [-0.4, -0.2) is 19.1 Å². The molecule has 2 aromatic rings. The molecule has 1 heterocycles. The standard InChI is InChI=1S/C14H15ClN2O/c1-16-9-10-5-6-11(15)8-12(10)14-13(18-2)4-3-7-17-14/h3-8,16H,9H2,1-2H3. The van der Waals surface area contributed by atoms with E-state index in [9.17, 15) is 0 Å². The van der Waals surface area contributed by atoms with Gasteiger partial charge in [-0.05, 0) is 36.9 Å². The third-order valence-corrected chi connectivity index (χ3v) is 2.92. The molecule has 2 rings (SSSR count). The summed E-state index contributed by atoms with van der Waals surface area (Å²) in [6.45, 7) is 0.756. The SMILES string of the molecule is CNCc1ccc(Cl)cc1-c1ncccc1OC. The van der Waals surface area contributed by atoms with Crippen LogP contribution in [0, 0.1) is 0 Å². The normalized spacial score (nSPS) is 10.4. The van der Waals surface area contributed by atoms with Crippen LogP contribution in [0.4, 0.5) is 0 Å². The van der Waals surface area contributed by atoms with Gasteiger partial charge in [0.2, 0.25) is 0 Å². The van der Waals surface area contributed by atoms with E-state index in [1.54, 1.807) is 13.3 Å². The van der Waals surface area contributed by atoms with Crippen molar-refractivity contribution in [3.05, 3.63) is 47.1 Å². The second kappa shape index (κ2) is 5.85. The number of methoxy groups -OCH3 is 1. The molecule has 0 saturated carbocycles. The number of rotatable bonds is 4. The van der Waals surface area contributed by atoms with E-state index in [2.05, 4.69) is 10.3 Å². The van der Waals surface area contributed by atoms with Crippen LogP contribution in [-0.2, 0) is 6.54 Å². The maximum Gasteiger partial charge on any atom is 0.145 e. The maximum atomic E-state index is 6.07. The molecule has 0 bridgehead atoms. The zero-order chi connectivity index (χ0) is 13.0. The molecule has 1 N–H and O–H groups in total. The summed E-state index contributed by atoms with van der Waals surface area (Å²) < 4.78 is 5.35. The molecule has 0 aliphatic rings. The largest absolute Gasteiger partial charge is 0.494 e. The van der Waals surface area contributed by atoms with Crippen molar-refractivity contribution in [2.45, 2.75) is 6.54 Å². The molecule has 0 amide bonds. The summed E-state index contributed by atoms with van der Waals surface area (Å²) in [6, 6.07) is 9.55. The quantitative estimate of drug-likeness (QED) is 0.919. The van der Waals surface area contributed by atoms with Crippen molar-refractivity contribution in [2.75, 3.05) is 14.2 Å². The fourth-order valence-corrected chi connectivity index (χ4v) is 2.04. The van der Waals surface area contributed by atoms with Gasteiger partial charge < -0.3 is 10.1 Å². The Morgan fingerprint density at radius 3 is 2.89 bits per heavy atom. The number of hydrogen-bond donors (Lipinski definition) is 1. The van der Waals surface area contributed by atoms with Crippen molar-refractivity contribution >= 4 is 11.6 Å². The summed E-state index contributed by atoms with van der Waals surface area (Å²) in [5.74, 6) is 0.747. The van der Waals surface area contributed by atoms with Gasteiger partial charge >= 0.3 is 0 Å². The lowest BCUT2D eigenvalue weighted by atomic mass is 10.0. The van der Waals surface area contributed by atoms with Gasteiger partial charge in [-0.25, -0.2) is 0 Å². The van der Waals surface area contributed by atoms with E-state index in [0.29, 0.717) is 5.02 Å². The highest BCUT2D eigenvalue weighted by atomic mass is 35.5. The van der Waals surface area contributed by atoms with Gasteiger partial charge in [-0.2, -0.15) is 0 Å². The third-order valence-electron chi connectivity index (χ3n) is 2.68. The second-order valence-corrected chi connectivity index (χ2v) is 4.32. The number of nitrogens with zero attached hydrogens (tertiary/aromatic N) is 1. The van der Waals surface area contributed by atoms with Crippen LogP contribution in [0.3, 0.4) is 0 Å². The molecule has 1 aromatic carbocycles. The molecule has 94 valence electrons. The summed E-state index contributed by atoms with van der Waals surface area (Å²) in [4.78, 5) is 4.39. The van der Waals surface area contributed by atoms with Crippen LogP contribution < -0.4 is 10.1 Å². The molecule has 0 atom stereocenters. The predicted molar refractivity (Wildman–Crippen MR) is 74.0 cm³/mol. The fraction of sp³-hybridized carbons (Fsp3) is 0.214. The zero-order valence-corrected chi connectivity index (χ0v) is 11.2. The second-order valence-electron chi connectivity index (χ2n) is 3.89. The number of halogens is 1. The first kappa shape index (κ1) is 12.9. The highest BCUT2D eigenvalue weighted by Gasteiger charge is 2.11. The lowest BCUT2D eigenvalue weighted by Gasteiger charge is -2.12. The zero-order valence-electron chi connectivity index (χ0n) is 10.4. The number of ether oxygens (including phenoxy) is 1. The Balaban J connectivity index is 2.57. The van der Waals surface area contributed by atoms with Crippen LogP contribution in [0.15, 0.2) is 36.5 Å². The minimum Gasteiger partial charge on any atom is -0.494 e. The molecular weight excluding hydrogens is 248 g/mol. The van der Waals surface area contributed by atoms with E-state index in [-0.39, 0.29) is 0 Å². The van der Waals surface area contributed by atoms with Crippen LogP contribution in [0.5, 0.6) is 5.75 Å². The van der Waals surface area contributed by atoms with Crippen molar-refractivity contribution in [2.24, 2.45) is 0 Å². The molecule has 0 unspecified atom stereocenters. The Morgan fingerprint density at radius 1 is 1.33 bits per heavy atom. The number of hydrogen-bond acceptors (Lipinski definition) is 3. The first-order valence-electron chi connectivity index (χ1n) is 5.68. The summed E-state index contributed by atoms with van der Waals surface area (Å²) in [7, 11) is 3.55. The number of aromatic nitrogens is 1. The van der Waals surface area contributed by atoms with E-state index in [4.69, 9.17) is 16.3 Å². The van der Waals surface area contributed by atoms with Gasteiger partial charge in [0.15, 0.2) is 0 Å². The molecule has 0 aliphatic heterocycles. The Bertz CT molecular complexity index is 543. The van der Waals surface area contributed by atoms with Gasteiger partial charge in [0.05, 0.1) is 7.11 Å². The third kappa shape index (κ3) is 2.63. The number of nitrogens with one attached hydrogen (secondary N) is 1. The van der Waals surface area contributed by atoms with Crippen molar-refractivity contribution in [1.82, 2.24) is 10.3 Å². The average Bonchev–Trinajstić information content (AvgIpc) is 2.41. The van der Waals surface area contributed by atoms with E-state index in [0.717, 1.165) is 29.1 Å². The Kier molecular flexibility index (Phi) is 4.18. The van der Waals surface area contributed by atoms with Gasteiger partial charge in [-0.3, -0.25) is 4.98 Å². The Hall–Kier alpha value is -1.58. The Labute approximate surface area is 112 Å². The lowest BCUT2D eigenvalue weighted by Crippen LogP contribution is -2.07. The summed E-state index contributed by atoms with van der Waals surface area (Å²) in [5, 5.41) is 3.83. The Morgan fingerprint density at radius 2 is 2.17 bits per heavy atom. The molecule has 4 heteroatoms. The molecule has 18 heavy (non-hydrogen) atoms. The molecule has 0 aliphatic carbocycles. The number of benzene rings is 1. The summed E-state index contributed by atoms with van der Waals surface area (Å²) >= 11 is 6.07. The van der Waals surface area contributed by atoms with Crippen molar-refractivity contribution in [3.8, 4) is 17.0 Å². The van der Waals surface area contributed by atoms with Crippen molar-refractivity contribution in [3.63, 3.8) is 0 Å². The van der Waals surface area contributed by atoms with Crippen molar-refractivity contribution < 1.29 is 4.74 Å². The topological polar surface area (TPSA) is 34.2 Å². The fourth-order valence-electron chi connectivity index (χ4n) is 1.87. The lowest BCUT2D eigenvalue weighted by molar-refractivity contribution is 0.415. The van der Waals surface area contributed by atoms with Crippen LogP contribution >= 0.6 is 11.6 Å². The smallest absolute Gasteiger partial charge is 0.145 e. The van der Waals surface area contributed by atoms with Gasteiger partial charge in [-0.15, -0.1) is 0 Å². The monoisotopic (exact) mass is 262 g/mol. The highest BCUT2D eigenvalue weighted by molar-refractivity contribution is 6.30. The van der Waals surface area contributed by atoms with Gasteiger partial charge in [0, 0.05) is 23.3 Å². The molecule has 0 spiro atoms. The number of pyridine rings is 1. The van der Waals surface area contributed by atoms with Gasteiger partial charge in [-0.1, -0.05) is 17.7 Å². The molecule has 0 radical (unpaired) electrons. The molecule has 0 saturated heterocycles. The average molecular weight is 263 g/mol. The predicted octanol–water partition coefficient (Wildman–Crippen LogP) is 3.13. The molecular formula is C14H15ClN2O.